The summed E-state index contributed by atoms with van der Waals surface area (Å²) in [6, 6.07) is 12.8. The van der Waals surface area contributed by atoms with E-state index in [0.29, 0.717) is 37.3 Å². The van der Waals surface area contributed by atoms with Gasteiger partial charge in [0, 0.05) is 11.6 Å². The van der Waals surface area contributed by atoms with Gasteiger partial charge >= 0.3 is 11.7 Å². The van der Waals surface area contributed by atoms with Gasteiger partial charge in [-0.3, -0.25) is 0 Å². The molecule has 2 heterocycles. The number of para-hydroxylation sites is 1. The van der Waals surface area contributed by atoms with Crippen LogP contribution in [0.1, 0.15) is 31.9 Å². The largest absolute Gasteiger partial charge is 0.443 e. The topological polar surface area (TPSA) is 72.6 Å². The minimum Gasteiger partial charge on any atom is -0.443 e. The van der Waals surface area contributed by atoms with Gasteiger partial charge in [-0.2, -0.15) is 0 Å². The van der Waals surface area contributed by atoms with E-state index >= 15 is 0 Å². The van der Waals surface area contributed by atoms with Gasteiger partial charge in [-0.1, -0.05) is 41.1 Å². The molecule has 4 rings (SSSR count). The molecule has 0 atom stereocenters. The summed E-state index contributed by atoms with van der Waals surface area (Å²) in [4.78, 5) is 32.3. The highest BCUT2D eigenvalue weighted by atomic mass is 35.5. The normalized spacial score (nSPS) is 11.6. The van der Waals surface area contributed by atoms with Crippen LogP contribution in [-0.2, 0) is 4.74 Å². The molecular formula is C25H23ClN2O4S. The highest BCUT2D eigenvalue weighted by molar-refractivity contribution is 7.19. The molecule has 2 aromatic carbocycles. The Kier molecular flexibility index (Phi) is 6.03. The SMILES string of the molecule is Cc1cc(C)cc(N(C(=O)OC(C)(C)C)c2ncc(-c3cc4cccc(Cl)c4oc3=O)s2)c1. The first-order valence-electron chi connectivity index (χ1n) is 10.3. The molecular weight excluding hydrogens is 460 g/mol. The molecule has 0 fully saturated rings. The van der Waals surface area contributed by atoms with Crippen molar-refractivity contribution in [1.82, 2.24) is 4.98 Å². The summed E-state index contributed by atoms with van der Waals surface area (Å²) in [7, 11) is 0. The first kappa shape index (κ1) is 23.0. The van der Waals surface area contributed by atoms with Crippen molar-refractivity contribution in [2.45, 2.75) is 40.2 Å². The number of anilines is 2. The fraction of sp³-hybridized carbons (Fsp3) is 0.240. The zero-order valence-electron chi connectivity index (χ0n) is 18.9. The van der Waals surface area contributed by atoms with Gasteiger partial charge in [0.25, 0.3) is 0 Å². The second-order valence-electron chi connectivity index (χ2n) is 8.77. The Labute approximate surface area is 200 Å². The molecule has 0 bridgehead atoms. The van der Waals surface area contributed by atoms with Crippen LogP contribution >= 0.6 is 22.9 Å². The lowest BCUT2D eigenvalue weighted by Crippen LogP contribution is -2.33. The van der Waals surface area contributed by atoms with Crippen molar-refractivity contribution in [1.29, 1.82) is 0 Å². The van der Waals surface area contributed by atoms with E-state index in [2.05, 4.69) is 4.98 Å². The molecule has 0 saturated heterocycles. The quantitative estimate of drug-likeness (QED) is 0.287. The van der Waals surface area contributed by atoms with Crippen molar-refractivity contribution in [3.8, 4) is 10.4 Å². The second-order valence-corrected chi connectivity index (χ2v) is 10.2. The summed E-state index contributed by atoms with van der Waals surface area (Å²) in [5, 5.41) is 1.45. The molecule has 6 nitrogen and oxygen atoms in total. The maximum absolute atomic E-state index is 13.2. The summed E-state index contributed by atoms with van der Waals surface area (Å²) < 4.78 is 11.1. The first-order chi connectivity index (χ1) is 15.5. The summed E-state index contributed by atoms with van der Waals surface area (Å²) in [5.74, 6) is 0. The van der Waals surface area contributed by atoms with E-state index in [9.17, 15) is 9.59 Å². The highest BCUT2D eigenvalue weighted by Gasteiger charge is 2.28. The summed E-state index contributed by atoms with van der Waals surface area (Å²) in [5.41, 5.74) is 2.11. The van der Waals surface area contributed by atoms with Gasteiger partial charge in [0.05, 0.1) is 21.2 Å². The van der Waals surface area contributed by atoms with Gasteiger partial charge in [0.1, 0.15) is 5.60 Å². The van der Waals surface area contributed by atoms with Crippen molar-refractivity contribution < 1.29 is 13.9 Å². The number of hydrogen-bond acceptors (Lipinski definition) is 6. The number of fused-ring (bicyclic) bond motifs is 1. The number of carbonyl (C=O) groups excluding carboxylic acids is 1. The number of carbonyl (C=O) groups is 1. The standard InChI is InChI=1S/C25H23ClN2O4S/c1-14-9-15(2)11-17(10-14)28(24(30)32-25(3,4)5)23-27-13-20(33-23)18-12-16-7-6-8-19(26)21(16)31-22(18)29/h6-13H,1-5H3. The number of aryl methyl sites for hydroxylation is 2. The Morgan fingerprint density at radius 1 is 1.12 bits per heavy atom. The van der Waals surface area contributed by atoms with Gasteiger partial charge < -0.3 is 9.15 Å². The molecule has 2 aromatic heterocycles. The number of halogens is 1. The number of nitrogens with zero attached hydrogens (tertiary/aromatic N) is 2. The van der Waals surface area contributed by atoms with Crippen molar-refractivity contribution in [3.05, 3.63) is 75.2 Å². The fourth-order valence-electron chi connectivity index (χ4n) is 3.45. The van der Waals surface area contributed by atoms with Gasteiger partial charge in [-0.05, 0) is 70.0 Å². The Bertz CT molecular complexity index is 1400. The second kappa shape index (κ2) is 8.65. The van der Waals surface area contributed by atoms with Crippen molar-refractivity contribution in [3.63, 3.8) is 0 Å². The zero-order chi connectivity index (χ0) is 23.9. The molecule has 170 valence electrons. The van der Waals surface area contributed by atoms with Crippen LogP contribution in [0.5, 0.6) is 0 Å². The predicted molar refractivity (Wildman–Crippen MR) is 133 cm³/mol. The molecule has 8 heteroatoms. The van der Waals surface area contributed by atoms with Crippen molar-refractivity contribution in [2.75, 3.05) is 4.90 Å². The van der Waals surface area contributed by atoms with E-state index in [0.717, 1.165) is 11.1 Å². The molecule has 33 heavy (non-hydrogen) atoms. The molecule has 4 aromatic rings. The Morgan fingerprint density at radius 3 is 2.48 bits per heavy atom. The smallest absolute Gasteiger partial charge is 0.421 e. The third-order valence-electron chi connectivity index (χ3n) is 4.70. The molecule has 0 N–H and O–H groups in total. The molecule has 0 radical (unpaired) electrons. The van der Waals surface area contributed by atoms with E-state index in [4.69, 9.17) is 20.8 Å². The van der Waals surface area contributed by atoms with Crippen LogP contribution in [0, 0.1) is 13.8 Å². The lowest BCUT2D eigenvalue weighted by atomic mass is 10.1. The van der Waals surface area contributed by atoms with Gasteiger partial charge in [0.2, 0.25) is 0 Å². The van der Waals surface area contributed by atoms with Crippen molar-refractivity contribution in [2.24, 2.45) is 0 Å². The van der Waals surface area contributed by atoms with E-state index < -0.39 is 17.3 Å². The van der Waals surface area contributed by atoms with Crippen LogP contribution < -0.4 is 10.5 Å². The third kappa shape index (κ3) is 4.94. The number of rotatable bonds is 3. The first-order valence-corrected chi connectivity index (χ1v) is 11.5. The number of amides is 1. The molecule has 0 saturated carbocycles. The van der Waals surface area contributed by atoms with E-state index in [-0.39, 0.29) is 0 Å². The highest BCUT2D eigenvalue weighted by Crippen LogP contribution is 2.36. The van der Waals surface area contributed by atoms with Gasteiger partial charge in [-0.15, -0.1) is 0 Å². The Balaban J connectivity index is 1.81. The molecule has 0 aliphatic heterocycles. The maximum Gasteiger partial charge on any atom is 0.421 e. The van der Waals surface area contributed by atoms with Crippen LogP contribution in [0.15, 0.2) is 57.9 Å². The van der Waals surface area contributed by atoms with Crippen LogP contribution in [-0.4, -0.2) is 16.7 Å². The minimum absolute atomic E-state index is 0.336. The Hall–Kier alpha value is -3.16. The average Bonchev–Trinajstić information content (AvgIpc) is 3.15. The van der Waals surface area contributed by atoms with Crippen LogP contribution in [0.4, 0.5) is 15.6 Å². The average molecular weight is 483 g/mol. The zero-order valence-corrected chi connectivity index (χ0v) is 20.5. The number of thiazole rings is 1. The molecule has 0 aliphatic carbocycles. The van der Waals surface area contributed by atoms with Gasteiger partial charge in [-0.25, -0.2) is 19.5 Å². The molecule has 0 aliphatic rings. The summed E-state index contributed by atoms with van der Waals surface area (Å²) in [6.45, 7) is 9.35. The lowest BCUT2D eigenvalue weighted by molar-refractivity contribution is 0.0599. The number of aromatic nitrogens is 1. The van der Waals surface area contributed by atoms with Crippen LogP contribution in [0.2, 0.25) is 5.02 Å². The monoisotopic (exact) mass is 482 g/mol. The van der Waals surface area contributed by atoms with E-state index in [1.54, 1.807) is 24.4 Å². The third-order valence-corrected chi connectivity index (χ3v) is 6.02. The summed E-state index contributed by atoms with van der Waals surface area (Å²) in [6.07, 6.45) is 1.01. The van der Waals surface area contributed by atoms with Crippen LogP contribution in [0.25, 0.3) is 21.4 Å². The molecule has 0 spiro atoms. The molecule has 0 unspecified atom stereocenters. The number of hydrogen-bond donors (Lipinski definition) is 0. The van der Waals surface area contributed by atoms with Crippen LogP contribution in [0.3, 0.4) is 0 Å². The van der Waals surface area contributed by atoms with E-state index in [1.807, 2.05) is 58.9 Å². The summed E-state index contributed by atoms with van der Waals surface area (Å²) >= 11 is 7.36. The lowest BCUT2D eigenvalue weighted by Gasteiger charge is -2.26. The minimum atomic E-state index is -0.688. The van der Waals surface area contributed by atoms with E-state index in [1.165, 1.54) is 16.2 Å². The number of benzene rings is 2. The van der Waals surface area contributed by atoms with Crippen molar-refractivity contribution >= 4 is 50.8 Å². The fourth-order valence-corrected chi connectivity index (χ4v) is 4.61. The maximum atomic E-state index is 13.2. The predicted octanol–water partition coefficient (Wildman–Crippen LogP) is 7.26. The molecule has 1 amide bonds. The Morgan fingerprint density at radius 2 is 1.82 bits per heavy atom. The number of ether oxygens (including phenoxy) is 1. The van der Waals surface area contributed by atoms with Gasteiger partial charge in [0.15, 0.2) is 10.7 Å².